The van der Waals surface area contributed by atoms with Gasteiger partial charge in [-0.15, -0.1) is 5.92 Å². The Balaban J connectivity index is 2.89. The molecule has 0 radical (unpaired) electrons. The second kappa shape index (κ2) is 9.83. The first kappa shape index (κ1) is 19.0. The third kappa shape index (κ3) is 5.90. The summed E-state index contributed by atoms with van der Waals surface area (Å²) < 4.78 is 4.60. The van der Waals surface area contributed by atoms with Crippen molar-refractivity contribution in [2.75, 3.05) is 7.11 Å². The van der Waals surface area contributed by atoms with E-state index in [1.165, 1.54) is 6.08 Å². The van der Waals surface area contributed by atoms with Gasteiger partial charge in [0, 0.05) is 6.42 Å². The summed E-state index contributed by atoms with van der Waals surface area (Å²) in [5.41, 5.74) is -1.40. The number of benzene rings is 1. The van der Waals surface area contributed by atoms with Crippen LogP contribution in [0.2, 0.25) is 0 Å². The lowest BCUT2D eigenvalue weighted by molar-refractivity contribution is -0.163. The predicted octanol–water partition coefficient (Wildman–Crippen LogP) is 2.55. The van der Waals surface area contributed by atoms with Crippen LogP contribution < -0.4 is 0 Å². The molecule has 124 valence electrons. The summed E-state index contributed by atoms with van der Waals surface area (Å²) in [6.07, 6.45) is 4.91. The fourth-order valence-corrected chi connectivity index (χ4v) is 1.96. The monoisotopic (exact) mass is 316 g/mol. The lowest BCUT2D eigenvalue weighted by Crippen LogP contribution is -2.48. The van der Waals surface area contributed by atoms with E-state index in [1.807, 2.05) is 30.3 Å². The van der Waals surface area contributed by atoms with E-state index in [9.17, 15) is 15.0 Å². The van der Waals surface area contributed by atoms with Crippen molar-refractivity contribution in [3.8, 4) is 11.8 Å². The van der Waals surface area contributed by atoms with Crippen LogP contribution >= 0.6 is 0 Å². The molecule has 0 heterocycles. The molecule has 4 heteroatoms. The van der Waals surface area contributed by atoms with Crippen molar-refractivity contribution in [2.24, 2.45) is 0 Å². The van der Waals surface area contributed by atoms with E-state index in [0.717, 1.165) is 31.9 Å². The van der Waals surface area contributed by atoms with Crippen molar-refractivity contribution in [1.82, 2.24) is 0 Å². The molecule has 0 spiro atoms. The topological polar surface area (TPSA) is 66.8 Å². The summed E-state index contributed by atoms with van der Waals surface area (Å²) in [7, 11) is 1.16. The van der Waals surface area contributed by atoms with E-state index in [-0.39, 0.29) is 0 Å². The number of carbonyl (C=O) groups is 1. The normalized spacial score (nSPS) is 14.6. The van der Waals surface area contributed by atoms with Gasteiger partial charge in [0.25, 0.3) is 0 Å². The number of ether oxygens (including phenoxy) is 1. The minimum Gasteiger partial charge on any atom is -0.467 e. The number of aliphatic hydroxyl groups excluding tert-OH is 1. The number of hydrogen-bond acceptors (Lipinski definition) is 4. The zero-order valence-corrected chi connectivity index (χ0v) is 13.7. The average Bonchev–Trinajstić information content (AvgIpc) is 2.59. The number of aliphatic hydroxyl groups is 2. The van der Waals surface area contributed by atoms with E-state index in [4.69, 9.17) is 0 Å². The maximum atomic E-state index is 11.9. The van der Waals surface area contributed by atoms with Gasteiger partial charge in [-0.2, -0.15) is 0 Å². The predicted molar refractivity (Wildman–Crippen MR) is 90.4 cm³/mol. The highest BCUT2D eigenvalue weighted by Gasteiger charge is 2.41. The van der Waals surface area contributed by atoms with Crippen molar-refractivity contribution in [3.63, 3.8) is 0 Å². The Bertz CT molecular complexity index is 568. The number of unbranched alkanes of at least 4 members (excludes halogenated alkanes) is 3. The first-order valence-electron chi connectivity index (χ1n) is 7.76. The molecular formula is C19H24O4. The standard InChI is InChI=1S/C19H24O4/c1-3-4-5-6-10-13-17(20)19(22,18(21)23-2)15-14-16-11-8-7-9-12-16/h7-9,11-12,14-15,17,20,22H,3-6H2,1-2H3/b15-14+. The molecule has 0 saturated carbocycles. The van der Waals surface area contributed by atoms with E-state index < -0.39 is 17.7 Å². The summed E-state index contributed by atoms with van der Waals surface area (Å²) in [5.74, 6) is 4.39. The molecule has 1 aromatic rings. The average molecular weight is 316 g/mol. The molecule has 4 nitrogen and oxygen atoms in total. The van der Waals surface area contributed by atoms with Gasteiger partial charge in [-0.1, -0.05) is 62.1 Å². The van der Waals surface area contributed by atoms with Crippen LogP contribution in [0.1, 0.15) is 38.2 Å². The minimum atomic E-state index is -2.19. The molecule has 0 bridgehead atoms. The first-order chi connectivity index (χ1) is 11.0. The summed E-state index contributed by atoms with van der Waals surface area (Å²) >= 11 is 0. The number of esters is 1. The van der Waals surface area contributed by atoms with E-state index >= 15 is 0 Å². The van der Waals surface area contributed by atoms with Gasteiger partial charge in [0.15, 0.2) is 6.10 Å². The van der Waals surface area contributed by atoms with Gasteiger partial charge in [0.2, 0.25) is 5.60 Å². The Kier molecular flexibility index (Phi) is 8.10. The Morgan fingerprint density at radius 2 is 2.04 bits per heavy atom. The van der Waals surface area contributed by atoms with Gasteiger partial charge in [-0.25, -0.2) is 4.79 Å². The van der Waals surface area contributed by atoms with Crippen LogP contribution in [0.5, 0.6) is 0 Å². The van der Waals surface area contributed by atoms with Gasteiger partial charge < -0.3 is 14.9 Å². The molecule has 2 N–H and O–H groups in total. The second-order valence-corrected chi connectivity index (χ2v) is 5.24. The fraction of sp³-hybridized carbons (Fsp3) is 0.421. The van der Waals surface area contributed by atoms with Gasteiger partial charge >= 0.3 is 5.97 Å². The molecule has 23 heavy (non-hydrogen) atoms. The van der Waals surface area contributed by atoms with Crippen molar-refractivity contribution in [1.29, 1.82) is 0 Å². The van der Waals surface area contributed by atoms with Gasteiger partial charge in [0.05, 0.1) is 7.11 Å². The second-order valence-electron chi connectivity index (χ2n) is 5.24. The molecular weight excluding hydrogens is 292 g/mol. The zero-order valence-electron chi connectivity index (χ0n) is 13.7. The van der Waals surface area contributed by atoms with Crippen molar-refractivity contribution >= 4 is 12.0 Å². The van der Waals surface area contributed by atoms with Crippen molar-refractivity contribution in [2.45, 2.75) is 44.3 Å². The first-order valence-corrected chi connectivity index (χ1v) is 7.76. The largest absolute Gasteiger partial charge is 0.467 e. The van der Waals surface area contributed by atoms with Gasteiger partial charge in [-0.3, -0.25) is 0 Å². The Labute approximate surface area is 137 Å². The molecule has 0 fully saturated rings. The van der Waals surface area contributed by atoms with Crippen molar-refractivity contribution < 1.29 is 19.7 Å². The van der Waals surface area contributed by atoms with Crippen LogP contribution in [0.25, 0.3) is 6.08 Å². The van der Waals surface area contributed by atoms with Crippen LogP contribution in [0.4, 0.5) is 0 Å². The fourth-order valence-electron chi connectivity index (χ4n) is 1.96. The summed E-state index contributed by atoms with van der Waals surface area (Å²) in [4.78, 5) is 11.9. The maximum Gasteiger partial charge on any atom is 0.345 e. The number of methoxy groups -OCH3 is 1. The molecule has 0 aromatic heterocycles. The van der Waals surface area contributed by atoms with Crippen molar-refractivity contribution in [3.05, 3.63) is 42.0 Å². The quantitative estimate of drug-likeness (QED) is 0.461. The van der Waals surface area contributed by atoms with Gasteiger partial charge in [-0.05, 0) is 18.1 Å². The molecule has 2 atom stereocenters. The zero-order chi connectivity index (χ0) is 17.1. The SMILES string of the molecule is CCCCCC#CC(O)C(O)(/C=C/c1ccccc1)C(=O)OC. The third-order valence-corrected chi connectivity index (χ3v) is 3.40. The van der Waals surface area contributed by atoms with Crippen LogP contribution in [-0.2, 0) is 9.53 Å². The number of hydrogen-bond donors (Lipinski definition) is 2. The van der Waals surface area contributed by atoms with Crippen LogP contribution in [0, 0.1) is 11.8 Å². The highest BCUT2D eigenvalue weighted by molar-refractivity contribution is 5.84. The lowest BCUT2D eigenvalue weighted by atomic mass is 9.95. The number of rotatable bonds is 7. The molecule has 0 aliphatic rings. The highest BCUT2D eigenvalue weighted by Crippen LogP contribution is 2.17. The molecule has 0 aliphatic carbocycles. The maximum absolute atomic E-state index is 11.9. The Morgan fingerprint density at radius 1 is 1.35 bits per heavy atom. The molecule has 1 rings (SSSR count). The Morgan fingerprint density at radius 3 is 2.65 bits per heavy atom. The lowest BCUT2D eigenvalue weighted by Gasteiger charge is -2.23. The smallest absolute Gasteiger partial charge is 0.345 e. The van der Waals surface area contributed by atoms with E-state index in [1.54, 1.807) is 6.08 Å². The summed E-state index contributed by atoms with van der Waals surface area (Å²) in [5, 5.41) is 20.6. The Hall–Kier alpha value is -2.09. The van der Waals surface area contributed by atoms with E-state index in [0.29, 0.717) is 6.42 Å². The molecule has 0 saturated heterocycles. The molecule has 1 aromatic carbocycles. The molecule has 2 unspecified atom stereocenters. The third-order valence-electron chi connectivity index (χ3n) is 3.40. The summed E-state index contributed by atoms with van der Waals surface area (Å²) in [6, 6.07) is 9.16. The molecule has 0 amide bonds. The van der Waals surface area contributed by atoms with Gasteiger partial charge in [0.1, 0.15) is 0 Å². The van der Waals surface area contributed by atoms with E-state index in [2.05, 4.69) is 23.5 Å². The molecule has 0 aliphatic heterocycles. The number of carbonyl (C=O) groups excluding carboxylic acids is 1. The van der Waals surface area contributed by atoms with Crippen LogP contribution in [-0.4, -0.2) is 35.0 Å². The highest BCUT2D eigenvalue weighted by atomic mass is 16.5. The van der Waals surface area contributed by atoms with Crippen LogP contribution in [0.3, 0.4) is 0 Å². The summed E-state index contributed by atoms with van der Waals surface area (Å²) in [6.45, 7) is 2.09. The van der Waals surface area contributed by atoms with Crippen LogP contribution in [0.15, 0.2) is 36.4 Å². The minimum absolute atomic E-state index is 0.616.